The highest BCUT2D eigenvalue weighted by Crippen LogP contribution is 2.53. The zero-order valence-electron chi connectivity index (χ0n) is 48.3. The number of benzene rings is 10. The van der Waals surface area contributed by atoms with Gasteiger partial charge in [-0.1, -0.05) is 152 Å². The van der Waals surface area contributed by atoms with Crippen molar-refractivity contribution in [1.29, 1.82) is 5.26 Å². The van der Waals surface area contributed by atoms with Crippen molar-refractivity contribution < 1.29 is 0 Å². The first kappa shape index (κ1) is 50.8. The van der Waals surface area contributed by atoms with Crippen LogP contribution in [0, 0.1) is 11.3 Å². The molecule has 8 heterocycles. The summed E-state index contributed by atoms with van der Waals surface area (Å²) in [7, 11) is 0. The van der Waals surface area contributed by atoms with E-state index in [1.165, 1.54) is 0 Å². The second-order valence-corrected chi connectivity index (χ2v) is 22.8. The monoisotopic (exact) mass is 1150 g/mol. The fraction of sp³-hybridized carbons (Fsp3) is 0. The molecule has 0 aliphatic heterocycles. The summed E-state index contributed by atoms with van der Waals surface area (Å²) < 4.78 is 9.64. The summed E-state index contributed by atoms with van der Waals surface area (Å²) in [6.07, 6.45) is 7.40. The van der Waals surface area contributed by atoms with Crippen molar-refractivity contribution in [3.05, 3.63) is 303 Å². The zero-order valence-corrected chi connectivity index (χ0v) is 48.3. The average molecular weight is 1150 g/mol. The van der Waals surface area contributed by atoms with Crippen LogP contribution in [0.15, 0.2) is 298 Å². The van der Waals surface area contributed by atoms with Crippen molar-refractivity contribution in [3.63, 3.8) is 0 Å². The molecule has 0 radical (unpaired) electrons. The summed E-state index contributed by atoms with van der Waals surface area (Å²) in [6.45, 7) is 0. The summed E-state index contributed by atoms with van der Waals surface area (Å²) in [5, 5.41) is 21.5. The Kier molecular flexibility index (Phi) is 11.5. The summed E-state index contributed by atoms with van der Waals surface area (Å²) >= 11 is 0. The quantitative estimate of drug-likeness (QED) is 0.143. The Bertz CT molecular complexity index is 5320. The van der Waals surface area contributed by atoms with E-state index in [9.17, 15) is 5.26 Å². The van der Waals surface area contributed by atoms with Gasteiger partial charge in [-0.05, 0) is 127 Å². The first-order valence-electron chi connectivity index (χ1n) is 30.2. The molecular weight excluding hydrogens is 1100 g/mol. The van der Waals surface area contributed by atoms with E-state index in [-0.39, 0.29) is 0 Å². The van der Waals surface area contributed by atoms with Gasteiger partial charge in [0.2, 0.25) is 0 Å². The summed E-state index contributed by atoms with van der Waals surface area (Å²) in [6, 6.07) is 99.5. The van der Waals surface area contributed by atoms with E-state index in [0.717, 1.165) is 166 Å². The molecule has 18 aromatic rings. The topological polar surface area (TPSA) is 95.1 Å². The number of hydrogen-bond acceptors (Lipinski definition) is 5. The van der Waals surface area contributed by atoms with Gasteiger partial charge in [0.25, 0.3) is 0 Å². The Morgan fingerprint density at radius 3 is 0.789 bits per heavy atom. The van der Waals surface area contributed by atoms with Gasteiger partial charge in [0.05, 0.1) is 89.7 Å². The van der Waals surface area contributed by atoms with Crippen LogP contribution in [-0.4, -0.2) is 38.2 Å². The molecule has 8 aromatic heterocycles. The first-order chi connectivity index (χ1) is 44.7. The van der Waals surface area contributed by atoms with E-state index in [0.29, 0.717) is 5.56 Å². The molecule has 0 N–H and O–H groups in total. The molecule has 0 spiro atoms. The Morgan fingerprint density at radius 2 is 0.500 bits per heavy atom. The van der Waals surface area contributed by atoms with Gasteiger partial charge < -0.3 is 18.3 Å². The lowest BCUT2D eigenvalue weighted by atomic mass is 9.93. The standard InChI is InChI=1S/C81H49N9/c82-50-64-78(87-69-30-8-4-22-56(69)57-23-5-9-31-70(57)87)80(89-73-38-34-52(65-26-12-16-42-83-65)46-60(73)61-47-53(35-39-74(61)89)66-27-13-17-43-84-66)77(51-20-2-1-3-21-51)81(79(64)88-71-32-10-6-24-58(71)59-25-7-11-33-72(59)88)90-75-40-36-54(67-28-14-18-44-85-67)48-62(75)63-49-55(37-41-76(63)90)68-29-15-19-45-86-68/h1-49H. The normalized spacial score (nSPS) is 11.8. The van der Waals surface area contributed by atoms with Gasteiger partial charge in [-0.25, -0.2) is 0 Å². The van der Waals surface area contributed by atoms with Crippen molar-refractivity contribution >= 4 is 87.2 Å². The molecule has 10 aromatic carbocycles. The Labute approximate surface area is 516 Å². The minimum atomic E-state index is 0.480. The molecule has 418 valence electrons. The van der Waals surface area contributed by atoms with Crippen LogP contribution < -0.4 is 0 Å². The third-order valence-electron chi connectivity index (χ3n) is 18.0. The lowest BCUT2D eigenvalue weighted by molar-refractivity contribution is 1.04. The molecule has 0 saturated carbocycles. The number of nitrogens with zero attached hydrogens (tertiary/aromatic N) is 9. The van der Waals surface area contributed by atoms with E-state index in [1.807, 2.05) is 73.3 Å². The highest BCUT2D eigenvalue weighted by atomic mass is 15.1. The summed E-state index contributed by atoms with van der Waals surface area (Å²) in [4.78, 5) is 19.6. The van der Waals surface area contributed by atoms with Crippen LogP contribution in [0.4, 0.5) is 0 Å². The molecule has 0 saturated heterocycles. The lowest BCUT2D eigenvalue weighted by Gasteiger charge is -2.29. The Balaban J connectivity index is 1.12. The van der Waals surface area contributed by atoms with Crippen molar-refractivity contribution in [1.82, 2.24) is 38.2 Å². The van der Waals surface area contributed by atoms with Crippen molar-refractivity contribution in [2.24, 2.45) is 0 Å². The van der Waals surface area contributed by atoms with E-state index in [4.69, 9.17) is 19.9 Å². The third-order valence-corrected chi connectivity index (χ3v) is 18.0. The number of rotatable bonds is 9. The van der Waals surface area contributed by atoms with Gasteiger partial charge in [0.15, 0.2) is 0 Å². The predicted molar refractivity (Wildman–Crippen MR) is 367 cm³/mol. The summed E-state index contributed by atoms with van der Waals surface area (Å²) in [5.41, 5.74) is 20.5. The number of pyridine rings is 4. The smallest absolute Gasteiger partial charge is 0.104 e. The fourth-order valence-electron chi connectivity index (χ4n) is 14.2. The maximum absolute atomic E-state index is 13.2. The maximum Gasteiger partial charge on any atom is 0.104 e. The number of para-hydroxylation sites is 4. The Morgan fingerprint density at radius 1 is 0.233 bits per heavy atom. The van der Waals surface area contributed by atoms with Gasteiger partial charge in [0.1, 0.15) is 11.6 Å². The molecule has 0 atom stereocenters. The van der Waals surface area contributed by atoms with Gasteiger partial charge in [-0.15, -0.1) is 0 Å². The number of fused-ring (bicyclic) bond motifs is 12. The van der Waals surface area contributed by atoms with E-state index in [2.05, 4.69) is 249 Å². The van der Waals surface area contributed by atoms with Crippen LogP contribution in [0.3, 0.4) is 0 Å². The highest BCUT2D eigenvalue weighted by Gasteiger charge is 2.35. The third kappa shape index (κ3) is 7.68. The van der Waals surface area contributed by atoms with Gasteiger partial charge in [-0.3, -0.25) is 19.9 Å². The van der Waals surface area contributed by atoms with Crippen LogP contribution in [-0.2, 0) is 0 Å². The minimum Gasteiger partial charge on any atom is -0.306 e. The second kappa shape index (κ2) is 20.3. The number of aromatic nitrogens is 8. The van der Waals surface area contributed by atoms with Crippen LogP contribution >= 0.6 is 0 Å². The minimum absolute atomic E-state index is 0.480. The Hall–Kier alpha value is -12.5. The molecule has 9 heteroatoms. The van der Waals surface area contributed by atoms with Gasteiger partial charge >= 0.3 is 0 Å². The average Bonchev–Trinajstić information content (AvgIpc) is 1.47. The summed E-state index contributed by atoms with van der Waals surface area (Å²) in [5.74, 6) is 0. The molecular formula is C81H49N9. The molecule has 9 nitrogen and oxygen atoms in total. The molecule has 0 fully saturated rings. The molecule has 0 aliphatic carbocycles. The second-order valence-electron chi connectivity index (χ2n) is 22.8. The first-order valence-corrected chi connectivity index (χ1v) is 30.2. The predicted octanol–water partition coefficient (Wildman–Crippen LogP) is 19.9. The molecule has 0 bridgehead atoms. The number of nitriles is 1. The highest BCUT2D eigenvalue weighted by molar-refractivity contribution is 6.18. The van der Waals surface area contributed by atoms with Crippen LogP contribution in [0.2, 0.25) is 0 Å². The van der Waals surface area contributed by atoms with Crippen LogP contribution in [0.25, 0.3) is 166 Å². The fourth-order valence-corrected chi connectivity index (χ4v) is 14.2. The molecule has 0 unspecified atom stereocenters. The van der Waals surface area contributed by atoms with E-state index >= 15 is 0 Å². The van der Waals surface area contributed by atoms with Crippen LogP contribution in [0.5, 0.6) is 0 Å². The van der Waals surface area contributed by atoms with Crippen molar-refractivity contribution in [3.8, 4) is 85.0 Å². The molecule has 90 heavy (non-hydrogen) atoms. The zero-order chi connectivity index (χ0) is 59.4. The van der Waals surface area contributed by atoms with Gasteiger partial charge in [0, 0.05) is 95.7 Å². The maximum atomic E-state index is 13.2. The lowest BCUT2D eigenvalue weighted by Crippen LogP contribution is -2.16. The van der Waals surface area contributed by atoms with Crippen molar-refractivity contribution in [2.45, 2.75) is 0 Å². The van der Waals surface area contributed by atoms with E-state index < -0.39 is 0 Å². The number of hydrogen-bond donors (Lipinski definition) is 0. The van der Waals surface area contributed by atoms with Crippen LogP contribution in [0.1, 0.15) is 5.56 Å². The molecule has 18 rings (SSSR count). The van der Waals surface area contributed by atoms with Crippen molar-refractivity contribution in [2.75, 3.05) is 0 Å². The van der Waals surface area contributed by atoms with Gasteiger partial charge in [-0.2, -0.15) is 5.26 Å². The van der Waals surface area contributed by atoms with E-state index in [1.54, 1.807) is 0 Å². The molecule has 0 amide bonds. The largest absolute Gasteiger partial charge is 0.306 e. The molecule has 0 aliphatic rings. The SMILES string of the molecule is N#Cc1c(-n2c3ccccc3c3ccccc32)c(-n2c3ccc(-c4ccccn4)cc3c3cc(-c4ccccn4)ccc32)c(-c2ccccc2)c(-n2c3ccc(-c4ccccn4)cc3c3cc(-c4ccccn4)ccc32)c1-n1c2ccccc2c2ccccc21.